The van der Waals surface area contributed by atoms with Gasteiger partial charge in [-0.25, -0.2) is 0 Å². The number of hydrogen-bond donors (Lipinski definition) is 2. The normalized spacial score (nSPS) is 12.5. The third kappa shape index (κ3) is 4.36. The molecule has 0 saturated carbocycles. The van der Waals surface area contributed by atoms with Crippen molar-refractivity contribution in [2.75, 3.05) is 19.8 Å². The first-order valence-electron chi connectivity index (χ1n) is 6.19. The van der Waals surface area contributed by atoms with Crippen molar-refractivity contribution in [3.8, 4) is 5.75 Å². The molecule has 1 aromatic carbocycles. The monoisotopic (exact) mass is 237 g/mol. The molecule has 3 N–H and O–H groups in total. The predicted octanol–water partition coefficient (Wildman–Crippen LogP) is 2.03. The lowest BCUT2D eigenvalue weighted by Crippen LogP contribution is -2.15. The molecule has 0 aliphatic carbocycles. The van der Waals surface area contributed by atoms with E-state index in [4.69, 9.17) is 15.6 Å². The van der Waals surface area contributed by atoms with Crippen LogP contribution in [0.15, 0.2) is 18.2 Å². The second-order valence-electron chi connectivity index (χ2n) is 4.48. The summed E-state index contributed by atoms with van der Waals surface area (Å²) >= 11 is 0. The number of para-hydroxylation sites is 1. The van der Waals surface area contributed by atoms with Crippen LogP contribution < -0.4 is 10.5 Å². The number of aryl methyl sites for hydroxylation is 2. The van der Waals surface area contributed by atoms with Crippen LogP contribution in [0.2, 0.25) is 0 Å². The predicted molar refractivity (Wildman–Crippen MR) is 70.3 cm³/mol. The SMILES string of the molecule is Cc1cccc(C)c1OCCC(CO)CCN. The standard InChI is InChI=1S/C14H23NO2/c1-11-4-3-5-12(2)14(11)17-9-7-13(10-16)6-8-15/h3-5,13,16H,6-10,15H2,1-2H3. The summed E-state index contributed by atoms with van der Waals surface area (Å²) in [6.45, 7) is 5.54. The lowest BCUT2D eigenvalue weighted by molar-refractivity contribution is 0.185. The number of rotatable bonds is 7. The fourth-order valence-corrected chi connectivity index (χ4v) is 1.92. The molecule has 0 heterocycles. The van der Waals surface area contributed by atoms with Crippen molar-refractivity contribution in [2.24, 2.45) is 11.7 Å². The third-order valence-corrected chi connectivity index (χ3v) is 3.01. The minimum atomic E-state index is 0.188. The van der Waals surface area contributed by atoms with Crippen LogP contribution in [0.1, 0.15) is 24.0 Å². The van der Waals surface area contributed by atoms with E-state index in [2.05, 4.69) is 0 Å². The number of nitrogens with two attached hydrogens (primary N) is 1. The second kappa shape index (κ2) is 7.30. The molecule has 0 amide bonds. The van der Waals surface area contributed by atoms with Crippen LogP contribution in [0, 0.1) is 19.8 Å². The van der Waals surface area contributed by atoms with Gasteiger partial charge in [-0.05, 0) is 50.3 Å². The van der Waals surface area contributed by atoms with Gasteiger partial charge in [0.2, 0.25) is 0 Å². The average Bonchev–Trinajstić information content (AvgIpc) is 2.31. The Morgan fingerprint density at radius 2 is 1.88 bits per heavy atom. The number of ether oxygens (including phenoxy) is 1. The third-order valence-electron chi connectivity index (χ3n) is 3.01. The van der Waals surface area contributed by atoms with Crippen LogP contribution in [0.5, 0.6) is 5.75 Å². The van der Waals surface area contributed by atoms with E-state index in [0.29, 0.717) is 13.2 Å². The van der Waals surface area contributed by atoms with Crippen molar-refractivity contribution in [1.82, 2.24) is 0 Å². The van der Waals surface area contributed by atoms with Gasteiger partial charge >= 0.3 is 0 Å². The molecule has 1 aromatic rings. The second-order valence-corrected chi connectivity index (χ2v) is 4.48. The Balaban J connectivity index is 2.45. The largest absolute Gasteiger partial charge is 0.493 e. The molecule has 0 aromatic heterocycles. The maximum absolute atomic E-state index is 9.15. The van der Waals surface area contributed by atoms with Crippen LogP contribution in [0.25, 0.3) is 0 Å². The zero-order valence-corrected chi connectivity index (χ0v) is 10.8. The highest BCUT2D eigenvalue weighted by atomic mass is 16.5. The smallest absolute Gasteiger partial charge is 0.125 e. The van der Waals surface area contributed by atoms with Crippen LogP contribution in [0.3, 0.4) is 0 Å². The van der Waals surface area contributed by atoms with E-state index in [-0.39, 0.29) is 12.5 Å². The van der Waals surface area contributed by atoms with Gasteiger partial charge in [-0.1, -0.05) is 18.2 Å². The zero-order valence-electron chi connectivity index (χ0n) is 10.8. The van der Waals surface area contributed by atoms with Gasteiger partial charge < -0.3 is 15.6 Å². The van der Waals surface area contributed by atoms with Crippen molar-refractivity contribution in [3.63, 3.8) is 0 Å². The van der Waals surface area contributed by atoms with E-state index >= 15 is 0 Å². The molecular formula is C14H23NO2. The molecule has 0 fully saturated rings. The summed E-state index contributed by atoms with van der Waals surface area (Å²) in [6.07, 6.45) is 1.70. The average molecular weight is 237 g/mol. The molecule has 3 nitrogen and oxygen atoms in total. The molecule has 3 heteroatoms. The maximum Gasteiger partial charge on any atom is 0.125 e. The van der Waals surface area contributed by atoms with E-state index in [1.165, 1.54) is 0 Å². The van der Waals surface area contributed by atoms with E-state index < -0.39 is 0 Å². The van der Waals surface area contributed by atoms with E-state index in [1.807, 2.05) is 32.0 Å². The Morgan fingerprint density at radius 3 is 2.41 bits per heavy atom. The Hall–Kier alpha value is -1.06. The first-order valence-corrected chi connectivity index (χ1v) is 6.19. The molecule has 0 saturated heterocycles. The summed E-state index contributed by atoms with van der Waals surface area (Å²) < 4.78 is 5.79. The summed E-state index contributed by atoms with van der Waals surface area (Å²) in [5.41, 5.74) is 7.80. The Morgan fingerprint density at radius 1 is 1.24 bits per heavy atom. The molecule has 0 bridgehead atoms. The van der Waals surface area contributed by atoms with Crippen molar-refractivity contribution < 1.29 is 9.84 Å². The molecule has 1 unspecified atom stereocenters. The number of aliphatic hydroxyl groups is 1. The van der Waals surface area contributed by atoms with Gasteiger partial charge in [0.25, 0.3) is 0 Å². The highest BCUT2D eigenvalue weighted by Crippen LogP contribution is 2.22. The van der Waals surface area contributed by atoms with Crippen molar-refractivity contribution in [2.45, 2.75) is 26.7 Å². The molecule has 0 aliphatic rings. The first kappa shape index (κ1) is 14.0. The molecule has 0 spiro atoms. The fourth-order valence-electron chi connectivity index (χ4n) is 1.92. The van der Waals surface area contributed by atoms with Crippen LogP contribution >= 0.6 is 0 Å². The van der Waals surface area contributed by atoms with Gasteiger partial charge in [-0.3, -0.25) is 0 Å². The van der Waals surface area contributed by atoms with Crippen LogP contribution in [-0.2, 0) is 0 Å². The zero-order chi connectivity index (χ0) is 12.7. The quantitative estimate of drug-likeness (QED) is 0.763. The van der Waals surface area contributed by atoms with Crippen LogP contribution in [-0.4, -0.2) is 24.9 Å². The van der Waals surface area contributed by atoms with Gasteiger partial charge in [0.15, 0.2) is 0 Å². The molecule has 96 valence electrons. The van der Waals surface area contributed by atoms with Crippen molar-refractivity contribution in [3.05, 3.63) is 29.3 Å². The summed E-state index contributed by atoms with van der Waals surface area (Å²) in [5.74, 6) is 1.22. The Bertz CT molecular complexity index is 319. The Kier molecular flexibility index (Phi) is 6.01. The van der Waals surface area contributed by atoms with E-state index in [0.717, 1.165) is 29.7 Å². The molecule has 1 atom stereocenters. The van der Waals surface area contributed by atoms with Gasteiger partial charge in [0.05, 0.1) is 6.61 Å². The molecule has 0 radical (unpaired) electrons. The molecule has 1 rings (SSSR count). The van der Waals surface area contributed by atoms with Crippen molar-refractivity contribution in [1.29, 1.82) is 0 Å². The summed E-state index contributed by atoms with van der Waals surface area (Å²) in [5, 5.41) is 9.15. The van der Waals surface area contributed by atoms with Gasteiger partial charge in [0, 0.05) is 6.61 Å². The molecule has 0 aliphatic heterocycles. The summed E-state index contributed by atoms with van der Waals surface area (Å²) in [4.78, 5) is 0. The minimum Gasteiger partial charge on any atom is -0.493 e. The lowest BCUT2D eigenvalue weighted by atomic mass is 10.0. The van der Waals surface area contributed by atoms with Crippen molar-refractivity contribution >= 4 is 0 Å². The number of benzene rings is 1. The van der Waals surface area contributed by atoms with E-state index in [9.17, 15) is 0 Å². The lowest BCUT2D eigenvalue weighted by Gasteiger charge is -2.15. The first-order chi connectivity index (χ1) is 8.19. The van der Waals surface area contributed by atoms with Gasteiger partial charge in [0.1, 0.15) is 5.75 Å². The highest BCUT2D eigenvalue weighted by molar-refractivity contribution is 5.39. The maximum atomic E-state index is 9.15. The minimum absolute atomic E-state index is 0.188. The molecular weight excluding hydrogens is 214 g/mol. The summed E-state index contributed by atoms with van der Waals surface area (Å²) in [7, 11) is 0. The van der Waals surface area contributed by atoms with Gasteiger partial charge in [-0.15, -0.1) is 0 Å². The summed E-state index contributed by atoms with van der Waals surface area (Å²) in [6, 6.07) is 6.12. The highest BCUT2D eigenvalue weighted by Gasteiger charge is 2.08. The molecule has 17 heavy (non-hydrogen) atoms. The number of hydrogen-bond acceptors (Lipinski definition) is 3. The topological polar surface area (TPSA) is 55.5 Å². The van der Waals surface area contributed by atoms with Gasteiger partial charge in [-0.2, -0.15) is 0 Å². The van der Waals surface area contributed by atoms with E-state index in [1.54, 1.807) is 0 Å². The van der Waals surface area contributed by atoms with Crippen LogP contribution in [0.4, 0.5) is 0 Å². The Labute approximate surface area is 104 Å². The number of aliphatic hydroxyl groups excluding tert-OH is 1. The fraction of sp³-hybridized carbons (Fsp3) is 0.571.